The first kappa shape index (κ1) is 26.8. The molecule has 0 spiro atoms. The quantitative estimate of drug-likeness (QED) is 0.395. The van der Waals surface area contributed by atoms with Crippen molar-refractivity contribution in [2.24, 2.45) is 16.8 Å². The van der Waals surface area contributed by atoms with Crippen LogP contribution in [0.15, 0.2) is 41.0 Å². The maximum absolute atomic E-state index is 14.4. The molecule has 0 atom stereocenters. The Balaban J connectivity index is 1.19. The van der Waals surface area contributed by atoms with Crippen molar-refractivity contribution in [2.45, 2.75) is 88.8 Å². The second-order valence-electron chi connectivity index (χ2n) is 11.6. The van der Waals surface area contributed by atoms with E-state index in [1.165, 1.54) is 12.1 Å². The van der Waals surface area contributed by atoms with Crippen LogP contribution in [0.5, 0.6) is 0 Å². The molecule has 2 aromatic rings. The largest absolute Gasteiger partial charge is 0.393 e. The van der Waals surface area contributed by atoms with Gasteiger partial charge in [-0.3, -0.25) is 4.79 Å². The third-order valence-electron chi connectivity index (χ3n) is 8.55. The van der Waals surface area contributed by atoms with Gasteiger partial charge in [0.2, 0.25) is 11.9 Å². The molecule has 1 amide bonds. The Hall–Kier alpha value is -3.40. The number of hydrogen-bond donors (Lipinski definition) is 4. The van der Waals surface area contributed by atoms with Crippen LogP contribution in [0.2, 0.25) is 0 Å². The molecule has 3 fully saturated rings. The van der Waals surface area contributed by atoms with Crippen LogP contribution in [-0.2, 0) is 11.2 Å². The molecular formula is C30H36F2N6O2. The Bertz CT molecular complexity index is 1310. The summed E-state index contributed by atoms with van der Waals surface area (Å²) in [5, 5.41) is 19.9. The zero-order chi connectivity index (χ0) is 27.6. The van der Waals surface area contributed by atoms with Gasteiger partial charge in [0, 0.05) is 30.5 Å². The number of rotatable bonds is 6. The van der Waals surface area contributed by atoms with Gasteiger partial charge < -0.3 is 21.1 Å². The van der Waals surface area contributed by atoms with E-state index in [1.807, 2.05) is 6.08 Å². The second kappa shape index (κ2) is 11.6. The van der Waals surface area contributed by atoms with Crippen molar-refractivity contribution in [3.8, 4) is 0 Å². The minimum atomic E-state index is -0.731. The summed E-state index contributed by atoms with van der Waals surface area (Å²) in [7, 11) is 0. The molecule has 3 saturated carbocycles. The number of aliphatic imine (C=N–C) groups is 1. The number of aliphatic hydroxyl groups excluding tert-OH is 1. The van der Waals surface area contributed by atoms with E-state index in [1.54, 1.807) is 6.20 Å². The number of aliphatic hydroxyl groups is 1. The van der Waals surface area contributed by atoms with Crippen LogP contribution in [0, 0.1) is 23.5 Å². The summed E-state index contributed by atoms with van der Waals surface area (Å²) in [6, 6.07) is 3.93. The molecule has 0 radical (unpaired) electrons. The fraction of sp³-hybridized carbons (Fsp3) is 0.533. The van der Waals surface area contributed by atoms with Crippen LogP contribution in [0.4, 0.5) is 26.1 Å². The van der Waals surface area contributed by atoms with Gasteiger partial charge in [0.15, 0.2) is 5.82 Å². The van der Waals surface area contributed by atoms with Crippen LogP contribution in [0.1, 0.15) is 69.9 Å². The molecule has 10 heteroatoms. The molecular weight excluding hydrogens is 514 g/mol. The number of halogens is 2. The molecule has 2 heterocycles. The van der Waals surface area contributed by atoms with E-state index >= 15 is 0 Å². The van der Waals surface area contributed by atoms with Crippen molar-refractivity contribution in [1.29, 1.82) is 0 Å². The normalized spacial score (nSPS) is 27.7. The first-order valence-corrected chi connectivity index (χ1v) is 14.5. The average Bonchev–Trinajstić information content (AvgIpc) is 3.77. The smallest absolute Gasteiger partial charge is 0.223 e. The third-order valence-corrected chi connectivity index (χ3v) is 8.55. The number of allylic oxidation sites excluding steroid dienone is 1. The van der Waals surface area contributed by atoms with Crippen molar-refractivity contribution >= 4 is 29.1 Å². The summed E-state index contributed by atoms with van der Waals surface area (Å²) in [6.07, 6.45) is 12.8. The maximum Gasteiger partial charge on any atom is 0.223 e. The van der Waals surface area contributed by atoms with Gasteiger partial charge in [-0.1, -0.05) is 5.57 Å². The fourth-order valence-corrected chi connectivity index (χ4v) is 6.02. The number of amides is 1. The highest BCUT2D eigenvalue weighted by atomic mass is 19.1. The Morgan fingerprint density at radius 1 is 1.00 bits per heavy atom. The van der Waals surface area contributed by atoms with Gasteiger partial charge in [-0.15, -0.1) is 0 Å². The lowest BCUT2D eigenvalue weighted by molar-refractivity contribution is -0.126. The van der Waals surface area contributed by atoms with Gasteiger partial charge >= 0.3 is 0 Å². The molecule has 0 saturated heterocycles. The number of fused-ring (bicyclic) bond motifs is 1. The predicted molar refractivity (Wildman–Crippen MR) is 149 cm³/mol. The van der Waals surface area contributed by atoms with E-state index in [9.17, 15) is 18.7 Å². The Kier molecular flexibility index (Phi) is 7.78. The van der Waals surface area contributed by atoms with Crippen LogP contribution < -0.4 is 16.0 Å². The standard InChI is InChI=1S/C30H36F2N6O2/c31-20-5-12-25(24(32)15-20)36-28-14-19(17-3-10-23(39)11-4-17)13-26-27(37-28)16-33-30(38-26)35-22-6-1-18(2-7-22)29(40)34-21-8-9-21/h5,12,14-18,21-23,39H,1-4,6-11,13H2,(H,34,40)(H,36,37)(H,33,35,38). The number of aromatic nitrogens is 2. The third kappa shape index (κ3) is 6.49. The lowest BCUT2D eigenvalue weighted by Crippen LogP contribution is -2.37. The second-order valence-corrected chi connectivity index (χ2v) is 11.6. The van der Waals surface area contributed by atoms with Crippen LogP contribution in [-0.4, -0.2) is 45.0 Å². The number of nitrogens with zero attached hydrogens (tertiary/aromatic N) is 3. The lowest BCUT2D eigenvalue weighted by Gasteiger charge is -2.28. The number of amidine groups is 1. The molecule has 6 rings (SSSR count). The first-order valence-electron chi connectivity index (χ1n) is 14.5. The fourth-order valence-electron chi connectivity index (χ4n) is 6.02. The van der Waals surface area contributed by atoms with Crippen molar-refractivity contribution in [3.63, 3.8) is 0 Å². The Morgan fingerprint density at radius 3 is 2.48 bits per heavy atom. The van der Waals surface area contributed by atoms with E-state index in [-0.39, 0.29) is 35.6 Å². The number of carbonyl (C=O) groups excluding carboxylic acids is 1. The van der Waals surface area contributed by atoms with Gasteiger partial charge in [-0.25, -0.2) is 23.7 Å². The first-order chi connectivity index (χ1) is 19.4. The number of anilines is 2. The van der Waals surface area contributed by atoms with E-state index in [4.69, 9.17) is 4.98 Å². The molecule has 0 unspecified atom stereocenters. The van der Waals surface area contributed by atoms with E-state index in [0.717, 1.165) is 81.5 Å². The summed E-state index contributed by atoms with van der Waals surface area (Å²) in [5.74, 6) is 0.142. The van der Waals surface area contributed by atoms with Gasteiger partial charge in [0.1, 0.15) is 17.3 Å². The van der Waals surface area contributed by atoms with Gasteiger partial charge in [-0.2, -0.15) is 0 Å². The minimum absolute atomic E-state index is 0.0441. The number of carbonyl (C=O) groups is 1. The van der Waals surface area contributed by atoms with Crippen molar-refractivity contribution in [1.82, 2.24) is 15.3 Å². The van der Waals surface area contributed by atoms with E-state index in [2.05, 4.69) is 25.9 Å². The molecule has 0 bridgehead atoms. The monoisotopic (exact) mass is 550 g/mol. The molecule has 1 aliphatic heterocycles. The number of benzene rings is 1. The molecule has 4 aliphatic rings. The highest BCUT2D eigenvalue weighted by molar-refractivity contribution is 6.06. The lowest BCUT2D eigenvalue weighted by atomic mass is 9.81. The van der Waals surface area contributed by atoms with Gasteiger partial charge in [-0.05, 0) is 88.3 Å². The van der Waals surface area contributed by atoms with Crippen molar-refractivity contribution in [3.05, 3.63) is 53.4 Å². The van der Waals surface area contributed by atoms with Crippen molar-refractivity contribution < 1.29 is 18.7 Å². The van der Waals surface area contributed by atoms with Crippen LogP contribution >= 0.6 is 0 Å². The molecule has 1 aromatic heterocycles. The molecule has 40 heavy (non-hydrogen) atoms. The highest BCUT2D eigenvalue weighted by Gasteiger charge is 2.31. The molecule has 4 N–H and O–H groups in total. The number of nitrogens with one attached hydrogen (secondary N) is 3. The number of hydrogen-bond acceptors (Lipinski definition) is 6. The Morgan fingerprint density at radius 2 is 1.75 bits per heavy atom. The molecule has 1 aromatic carbocycles. The van der Waals surface area contributed by atoms with Gasteiger partial charge in [0.25, 0.3) is 0 Å². The Labute approximate surface area is 232 Å². The predicted octanol–water partition coefficient (Wildman–Crippen LogP) is 5.18. The molecule has 3 aliphatic carbocycles. The van der Waals surface area contributed by atoms with E-state index < -0.39 is 11.6 Å². The molecule has 8 nitrogen and oxygen atoms in total. The summed E-state index contributed by atoms with van der Waals surface area (Å²) in [6.45, 7) is 0. The van der Waals surface area contributed by atoms with Gasteiger partial charge in [0.05, 0.1) is 23.7 Å². The summed E-state index contributed by atoms with van der Waals surface area (Å²) in [5.41, 5.74) is 2.67. The highest BCUT2D eigenvalue weighted by Crippen LogP contribution is 2.35. The average molecular weight is 551 g/mol. The van der Waals surface area contributed by atoms with E-state index in [0.29, 0.717) is 29.9 Å². The van der Waals surface area contributed by atoms with Crippen LogP contribution in [0.3, 0.4) is 0 Å². The topological polar surface area (TPSA) is 112 Å². The summed E-state index contributed by atoms with van der Waals surface area (Å²) >= 11 is 0. The zero-order valence-corrected chi connectivity index (χ0v) is 22.5. The maximum atomic E-state index is 14.4. The molecule has 212 valence electrons. The zero-order valence-electron chi connectivity index (χ0n) is 22.5. The van der Waals surface area contributed by atoms with Crippen LogP contribution in [0.25, 0.3) is 0 Å². The summed E-state index contributed by atoms with van der Waals surface area (Å²) < 4.78 is 27.9. The van der Waals surface area contributed by atoms with Crippen molar-refractivity contribution in [2.75, 3.05) is 10.6 Å². The minimum Gasteiger partial charge on any atom is -0.393 e. The summed E-state index contributed by atoms with van der Waals surface area (Å²) in [4.78, 5) is 26.3. The SMILES string of the molecule is O=C(NC1CC1)C1CCC(Nc2ncc3c(n2)CC(C2CCC(O)CC2)=CC(=Nc2ccc(F)cc2F)N3)CC1.